The number of carbonyl (C=O) groups is 1. The molecule has 1 aliphatic carbocycles. The number of halogens is 2. The molecule has 1 atom stereocenters. The number of rotatable bonds is 10. The minimum absolute atomic E-state index is 0.0578. The molecule has 1 aromatic heterocycles. The van der Waals surface area contributed by atoms with Gasteiger partial charge in [0.1, 0.15) is 11.5 Å². The van der Waals surface area contributed by atoms with Crippen molar-refractivity contribution in [2.45, 2.75) is 25.2 Å². The zero-order valence-corrected chi connectivity index (χ0v) is 24.5. The lowest BCUT2D eigenvalue weighted by molar-refractivity contribution is -0.111. The Hall–Kier alpha value is -3.20. The highest BCUT2D eigenvalue weighted by Gasteiger charge is 2.31. The Labute approximate surface area is 239 Å². The Bertz CT molecular complexity index is 1340. The van der Waals surface area contributed by atoms with Crippen LogP contribution in [0.25, 0.3) is 11.3 Å². The van der Waals surface area contributed by atoms with E-state index in [4.69, 9.17) is 37.8 Å². The van der Waals surface area contributed by atoms with E-state index >= 15 is 0 Å². The summed E-state index contributed by atoms with van der Waals surface area (Å²) in [5.41, 5.74) is 6.32. The third-order valence-electron chi connectivity index (χ3n) is 7.19. The number of ether oxygens (including phenoxy) is 2. The highest BCUT2D eigenvalue weighted by atomic mass is 35.5. The normalized spacial score (nSPS) is 14.6. The molecule has 1 amide bonds. The highest BCUT2D eigenvalue weighted by molar-refractivity contribution is 6.38. The van der Waals surface area contributed by atoms with Crippen LogP contribution in [0.1, 0.15) is 29.2 Å². The summed E-state index contributed by atoms with van der Waals surface area (Å²) in [6.07, 6.45) is 3.52. The van der Waals surface area contributed by atoms with Crippen LogP contribution < -0.4 is 19.7 Å². The number of fused-ring (bicyclic) bond motifs is 1. The summed E-state index contributed by atoms with van der Waals surface area (Å²) in [5, 5.41) is 11.9. The molecule has 0 fully saturated rings. The molecule has 0 radical (unpaired) electrons. The molecule has 1 unspecified atom stereocenters. The van der Waals surface area contributed by atoms with E-state index in [9.17, 15) is 4.79 Å². The predicted octanol–water partition coefficient (Wildman–Crippen LogP) is 5.80. The van der Waals surface area contributed by atoms with Crippen LogP contribution in [-0.2, 0) is 17.6 Å². The first-order chi connectivity index (χ1) is 18.7. The molecule has 0 saturated heterocycles. The Balaban J connectivity index is 1.68. The van der Waals surface area contributed by atoms with E-state index in [1.165, 1.54) is 6.08 Å². The topological polar surface area (TPSA) is 82.7 Å². The van der Waals surface area contributed by atoms with E-state index in [-0.39, 0.29) is 11.8 Å². The number of anilines is 2. The Morgan fingerprint density at radius 1 is 1.15 bits per heavy atom. The Kier molecular flexibility index (Phi) is 9.10. The smallest absolute Gasteiger partial charge is 0.247 e. The second-order valence-electron chi connectivity index (χ2n) is 9.94. The predicted molar refractivity (Wildman–Crippen MR) is 159 cm³/mol. The minimum Gasteiger partial charge on any atom is -0.495 e. The van der Waals surface area contributed by atoms with Gasteiger partial charge in [0.15, 0.2) is 0 Å². The van der Waals surface area contributed by atoms with Crippen molar-refractivity contribution in [1.29, 1.82) is 0 Å². The van der Waals surface area contributed by atoms with E-state index in [1.807, 2.05) is 33.3 Å². The number of likely N-dealkylation sites (N-methyl/N-ethyl adjacent to an activating group) is 2. The van der Waals surface area contributed by atoms with Crippen LogP contribution >= 0.6 is 23.2 Å². The SMILES string of the molecule is C=CC(=O)Nc1cc(N(C)CCN(C)C)ccc1-c1n[nH]c2c1CCC(c1c(Cl)c(OC)cc(OC)c1Cl)C2. The molecule has 1 heterocycles. The number of benzene rings is 2. The van der Waals surface area contributed by atoms with Crippen molar-refractivity contribution in [2.24, 2.45) is 0 Å². The number of amides is 1. The number of hydrogen-bond acceptors (Lipinski definition) is 6. The fourth-order valence-electron chi connectivity index (χ4n) is 4.98. The lowest BCUT2D eigenvalue weighted by Gasteiger charge is -2.26. The summed E-state index contributed by atoms with van der Waals surface area (Å²) >= 11 is 13.4. The molecule has 4 rings (SSSR count). The lowest BCUT2D eigenvalue weighted by Crippen LogP contribution is -2.28. The molecule has 0 aliphatic heterocycles. The van der Waals surface area contributed by atoms with Gasteiger partial charge < -0.3 is 24.6 Å². The van der Waals surface area contributed by atoms with Gasteiger partial charge in [0.25, 0.3) is 0 Å². The number of aromatic amines is 1. The van der Waals surface area contributed by atoms with E-state index in [0.717, 1.165) is 59.7 Å². The van der Waals surface area contributed by atoms with Crippen LogP contribution in [0.5, 0.6) is 11.5 Å². The molecule has 39 heavy (non-hydrogen) atoms. The molecular formula is C29H35Cl2N5O3. The largest absolute Gasteiger partial charge is 0.495 e. The quantitative estimate of drug-likeness (QED) is 0.299. The van der Waals surface area contributed by atoms with Crippen molar-refractivity contribution >= 4 is 40.5 Å². The number of aromatic nitrogens is 2. The maximum absolute atomic E-state index is 12.3. The van der Waals surface area contributed by atoms with E-state index < -0.39 is 0 Å². The molecule has 0 saturated carbocycles. The first-order valence-corrected chi connectivity index (χ1v) is 13.5. The van der Waals surface area contributed by atoms with Gasteiger partial charge in [-0.15, -0.1) is 0 Å². The fraction of sp³-hybridized carbons (Fsp3) is 0.379. The number of nitrogens with zero attached hydrogens (tertiary/aromatic N) is 3. The van der Waals surface area contributed by atoms with Crippen molar-refractivity contribution < 1.29 is 14.3 Å². The van der Waals surface area contributed by atoms with Gasteiger partial charge >= 0.3 is 0 Å². The average molecular weight is 573 g/mol. The van der Waals surface area contributed by atoms with Crippen LogP contribution in [0.15, 0.2) is 36.9 Å². The van der Waals surface area contributed by atoms with Crippen LogP contribution in [0.2, 0.25) is 10.0 Å². The molecular weight excluding hydrogens is 537 g/mol. The third kappa shape index (κ3) is 6.03. The summed E-state index contributed by atoms with van der Waals surface area (Å²) in [6.45, 7) is 5.37. The van der Waals surface area contributed by atoms with Crippen LogP contribution in [-0.4, -0.2) is 69.5 Å². The Morgan fingerprint density at radius 3 is 2.46 bits per heavy atom. The summed E-state index contributed by atoms with van der Waals surface area (Å²) < 4.78 is 10.9. The van der Waals surface area contributed by atoms with Gasteiger partial charge in [0.2, 0.25) is 5.91 Å². The minimum atomic E-state index is -0.273. The lowest BCUT2D eigenvalue weighted by atomic mass is 9.81. The number of methoxy groups -OCH3 is 2. The summed E-state index contributed by atoms with van der Waals surface area (Å²) in [4.78, 5) is 16.6. The number of nitrogens with one attached hydrogen (secondary N) is 2. The zero-order valence-electron chi connectivity index (χ0n) is 23.0. The van der Waals surface area contributed by atoms with Gasteiger partial charge in [-0.3, -0.25) is 9.89 Å². The second kappa shape index (κ2) is 12.3. The molecule has 0 spiro atoms. The third-order valence-corrected chi connectivity index (χ3v) is 7.97. The van der Waals surface area contributed by atoms with Crippen molar-refractivity contribution in [2.75, 3.05) is 58.7 Å². The molecule has 0 bridgehead atoms. The fourth-order valence-corrected chi connectivity index (χ4v) is 5.79. The molecule has 208 valence electrons. The number of H-pyrrole nitrogens is 1. The van der Waals surface area contributed by atoms with Crippen LogP contribution in [0.4, 0.5) is 11.4 Å². The average Bonchev–Trinajstić information content (AvgIpc) is 3.35. The van der Waals surface area contributed by atoms with Crippen molar-refractivity contribution in [3.05, 3.63) is 63.8 Å². The molecule has 3 aromatic rings. The van der Waals surface area contributed by atoms with E-state index in [1.54, 1.807) is 20.3 Å². The first-order valence-electron chi connectivity index (χ1n) is 12.8. The number of hydrogen-bond donors (Lipinski definition) is 2. The van der Waals surface area contributed by atoms with Crippen molar-refractivity contribution in [3.8, 4) is 22.8 Å². The van der Waals surface area contributed by atoms with Gasteiger partial charge in [-0.25, -0.2) is 0 Å². The Morgan fingerprint density at radius 2 is 1.85 bits per heavy atom. The molecule has 8 nitrogen and oxygen atoms in total. The number of carbonyl (C=O) groups excluding carboxylic acids is 1. The van der Waals surface area contributed by atoms with Gasteiger partial charge in [-0.05, 0) is 63.6 Å². The summed E-state index contributed by atoms with van der Waals surface area (Å²) in [6, 6.07) is 7.77. The van der Waals surface area contributed by atoms with Gasteiger partial charge in [-0.2, -0.15) is 5.10 Å². The molecule has 10 heteroatoms. The summed E-state index contributed by atoms with van der Waals surface area (Å²) in [7, 11) is 9.28. The van der Waals surface area contributed by atoms with Crippen LogP contribution in [0, 0.1) is 0 Å². The van der Waals surface area contributed by atoms with Crippen molar-refractivity contribution in [1.82, 2.24) is 15.1 Å². The summed E-state index contributed by atoms with van der Waals surface area (Å²) in [5.74, 6) is 0.844. The first kappa shape index (κ1) is 28.8. The van der Waals surface area contributed by atoms with E-state index in [2.05, 4.69) is 32.9 Å². The van der Waals surface area contributed by atoms with Gasteiger partial charge in [0, 0.05) is 54.3 Å². The monoisotopic (exact) mass is 571 g/mol. The zero-order chi connectivity index (χ0) is 28.3. The van der Waals surface area contributed by atoms with Gasteiger partial charge in [-0.1, -0.05) is 29.8 Å². The maximum atomic E-state index is 12.3. The van der Waals surface area contributed by atoms with Gasteiger partial charge in [0.05, 0.1) is 35.6 Å². The van der Waals surface area contributed by atoms with E-state index in [0.29, 0.717) is 33.7 Å². The molecule has 2 aromatic carbocycles. The maximum Gasteiger partial charge on any atom is 0.247 e. The van der Waals surface area contributed by atoms with Crippen LogP contribution in [0.3, 0.4) is 0 Å². The molecule has 2 N–H and O–H groups in total. The standard InChI is InChI=1S/C29H35Cl2N5O3/c1-7-25(37)32-21-15-18(36(4)13-12-35(2)3)9-11-19(21)29-20-10-8-17(14-22(20)33-34-29)26-27(30)23(38-5)16-24(39-6)28(26)31/h7,9,11,15-17H,1,8,10,12-14H2,2-6H3,(H,32,37)(H,33,34). The molecule has 1 aliphatic rings. The second-order valence-corrected chi connectivity index (χ2v) is 10.7. The highest BCUT2D eigenvalue weighted by Crippen LogP contribution is 2.48. The van der Waals surface area contributed by atoms with Crippen molar-refractivity contribution in [3.63, 3.8) is 0 Å².